The molecule has 0 radical (unpaired) electrons. The van der Waals surface area contributed by atoms with E-state index in [1.165, 1.54) is 0 Å². The third kappa shape index (κ3) is 5.43. The van der Waals surface area contributed by atoms with Gasteiger partial charge in [0, 0.05) is 6.42 Å². The van der Waals surface area contributed by atoms with Crippen LogP contribution >= 0.6 is 0 Å². The molecule has 0 spiro atoms. The van der Waals surface area contributed by atoms with Gasteiger partial charge in [0.15, 0.2) is 18.1 Å². The van der Waals surface area contributed by atoms with Crippen molar-refractivity contribution in [3.8, 4) is 17.2 Å². The number of nitrogens with one attached hydrogen (secondary N) is 1. The van der Waals surface area contributed by atoms with E-state index in [2.05, 4.69) is 5.32 Å². The van der Waals surface area contributed by atoms with Crippen LogP contribution in [0.3, 0.4) is 0 Å². The quantitative estimate of drug-likeness (QED) is 0.700. The van der Waals surface area contributed by atoms with Gasteiger partial charge >= 0.3 is 5.97 Å². The molecule has 1 N–H and O–H groups in total. The monoisotopic (exact) mass is 413 g/mol. The number of hydrogen-bond acceptors (Lipinski definition) is 6. The summed E-state index contributed by atoms with van der Waals surface area (Å²) in [5, 5.41) is 2.95. The van der Waals surface area contributed by atoms with Gasteiger partial charge in [0.2, 0.25) is 0 Å². The zero-order chi connectivity index (χ0) is 21.5. The molecule has 0 aliphatic carbocycles. The molecule has 1 aliphatic heterocycles. The van der Waals surface area contributed by atoms with Crippen LogP contribution in [-0.2, 0) is 9.53 Å². The SMILES string of the molecule is COc1ccc(C(=O)OCC(=O)N[C@@H](c2ccc3c(c2)OCCCO3)C(C)C)cc1. The zero-order valence-corrected chi connectivity index (χ0v) is 17.5. The number of ether oxygens (including phenoxy) is 4. The van der Waals surface area contributed by atoms with Crippen molar-refractivity contribution in [3.63, 3.8) is 0 Å². The molecule has 3 rings (SSSR count). The maximum Gasteiger partial charge on any atom is 0.338 e. The van der Waals surface area contributed by atoms with Gasteiger partial charge in [0.25, 0.3) is 5.91 Å². The highest BCUT2D eigenvalue weighted by molar-refractivity contribution is 5.91. The van der Waals surface area contributed by atoms with Crippen molar-refractivity contribution in [2.45, 2.75) is 26.3 Å². The Labute approximate surface area is 176 Å². The minimum atomic E-state index is -0.565. The van der Waals surface area contributed by atoms with E-state index in [0.29, 0.717) is 36.0 Å². The van der Waals surface area contributed by atoms with E-state index in [9.17, 15) is 9.59 Å². The molecule has 2 aromatic carbocycles. The lowest BCUT2D eigenvalue weighted by atomic mass is 9.95. The highest BCUT2D eigenvalue weighted by Crippen LogP contribution is 2.34. The van der Waals surface area contributed by atoms with Gasteiger partial charge in [-0.25, -0.2) is 4.79 Å². The van der Waals surface area contributed by atoms with Crippen molar-refractivity contribution < 1.29 is 28.5 Å². The summed E-state index contributed by atoms with van der Waals surface area (Å²) in [6.45, 7) is 4.88. The van der Waals surface area contributed by atoms with E-state index in [0.717, 1.165) is 12.0 Å². The van der Waals surface area contributed by atoms with E-state index < -0.39 is 5.97 Å². The maximum absolute atomic E-state index is 12.4. The van der Waals surface area contributed by atoms with Crippen LogP contribution in [0.2, 0.25) is 0 Å². The van der Waals surface area contributed by atoms with E-state index in [1.54, 1.807) is 31.4 Å². The molecule has 1 amide bonds. The molecule has 30 heavy (non-hydrogen) atoms. The molecule has 0 aromatic heterocycles. The van der Waals surface area contributed by atoms with E-state index >= 15 is 0 Å². The average Bonchev–Trinajstić information content (AvgIpc) is 3.00. The fraction of sp³-hybridized carbons (Fsp3) is 0.391. The molecule has 160 valence electrons. The average molecular weight is 413 g/mol. The Morgan fingerprint density at radius 1 is 1.03 bits per heavy atom. The molecular formula is C23H27NO6. The Bertz CT molecular complexity index is 878. The highest BCUT2D eigenvalue weighted by atomic mass is 16.5. The molecule has 0 bridgehead atoms. The topological polar surface area (TPSA) is 83.1 Å². The number of esters is 1. The molecule has 0 saturated heterocycles. The summed E-state index contributed by atoms with van der Waals surface area (Å²) in [5.74, 6) is 1.21. The Balaban J connectivity index is 1.61. The largest absolute Gasteiger partial charge is 0.497 e. The first-order chi connectivity index (χ1) is 14.5. The normalized spacial score (nSPS) is 13.9. The number of carbonyl (C=O) groups is 2. The van der Waals surface area contributed by atoms with Crippen LogP contribution in [0.1, 0.15) is 42.2 Å². The fourth-order valence-corrected chi connectivity index (χ4v) is 3.16. The molecule has 0 saturated carbocycles. The van der Waals surface area contributed by atoms with Gasteiger partial charge in [-0.15, -0.1) is 0 Å². The minimum absolute atomic E-state index is 0.121. The lowest BCUT2D eigenvalue weighted by Gasteiger charge is -2.24. The van der Waals surface area contributed by atoms with Gasteiger partial charge in [0.05, 0.1) is 31.9 Å². The van der Waals surface area contributed by atoms with Gasteiger partial charge in [-0.2, -0.15) is 0 Å². The predicted octanol–water partition coefficient (Wildman–Crippen LogP) is 3.53. The van der Waals surface area contributed by atoms with Crippen molar-refractivity contribution in [3.05, 3.63) is 53.6 Å². The molecule has 2 aromatic rings. The van der Waals surface area contributed by atoms with Crippen molar-refractivity contribution >= 4 is 11.9 Å². The van der Waals surface area contributed by atoms with Crippen LogP contribution in [0.4, 0.5) is 0 Å². The summed E-state index contributed by atoms with van der Waals surface area (Å²) >= 11 is 0. The molecule has 1 atom stereocenters. The molecule has 7 nitrogen and oxygen atoms in total. The second kappa shape index (κ2) is 10.0. The van der Waals surface area contributed by atoms with Gasteiger partial charge in [-0.3, -0.25) is 4.79 Å². The van der Waals surface area contributed by atoms with Crippen molar-refractivity contribution in [2.24, 2.45) is 5.92 Å². The number of fused-ring (bicyclic) bond motifs is 1. The van der Waals surface area contributed by atoms with Gasteiger partial charge in [0.1, 0.15) is 5.75 Å². The Hall–Kier alpha value is -3.22. The zero-order valence-electron chi connectivity index (χ0n) is 17.5. The second-order valence-electron chi connectivity index (χ2n) is 7.35. The first kappa shape index (κ1) is 21.5. The standard InChI is InChI=1S/C23H27NO6/c1-15(2)22(17-7-10-19-20(13-17)29-12-4-11-28-19)24-21(25)14-30-23(26)16-5-8-18(27-3)9-6-16/h5-10,13,15,22H,4,11-12,14H2,1-3H3,(H,24,25)/t22-/m1/s1. The number of methoxy groups -OCH3 is 1. The van der Waals surface area contributed by atoms with Crippen LogP contribution in [0.15, 0.2) is 42.5 Å². The number of carbonyl (C=O) groups excluding carboxylic acids is 2. The Kier molecular flexibility index (Phi) is 7.17. The highest BCUT2D eigenvalue weighted by Gasteiger charge is 2.22. The lowest BCUT2D eigenvalue weighted by Crippen LogP contribution is -2.35. The van der Waals surface area contributed by atoms with Crippen molar-refractivity contribution in [2.75, 3.05) is 26.9 Å². The van der Waals surface area contributed by atoms with Crippen LogP contribution < -0.4 is 19.5 Å². The number of benzene rings is 2. The summed E-state index contributed by atoms with van der Waals surface area (Å²) in [6.07, 6.45) is 0.827. The first-order valence-electron chi connectivity index (χ1n) is 9.98. The number of amides is 1. The molecule has 7 heteroatoms. The predicted molar refractivity (Wildman–Crippen MR) is 111 cm³/mol. The summed E-state index contributed by atoms with van der Waals surface area (Å²) in [4.78, 5) is 24.6. The Morgan fingerprint density at radius 3 is 2.40 bits per heavy atom. The van der Waals surface area contributed by atoms with Gasteiger partial charge in [-0.05, 0) is 47.9 Å². The summed E-state index contributed by atoms with van der Waals surface area (Å²) < 4.78 is 21.6. The third-order valence-corrected chi connectivity index (χ3v) is 4.77. The van der Waals surface area contributed by atoms with E-state index in [4.69, 9.17) is 18.9 Å². The summed E-state index contributed by atoms with van der Waals surface area (Å²) in [7, 11) is 1.55. The Morgan fingerprint density at radius 2 is 1.73 bits per heavy atom. The van der Waals surface area contributed by atoms with Crippen molar-refractivity contribution in [1.29, 1.82) is 0 Å². The molecule has 1 aliphatic rings. The van der Waals surface area contributed by atoms with Crippen LogP contribution in [-0.4, -0.2) is 38.8 Å². The van der Waals surface area contributed by atoms with Crippen LogP contribution in [0.5, 0.6) is 17.2 Å². The third-order valence-electron chi connectivity index (χ3n) is 4.77. The summed E-state index contributed by atoms with van der Waals surface area (Å²) in [5.41, 5.74) is 1.26. The molecule has 0 unspecified atom stereocenters. The molecular weight excluding hydrogens is 386 g/mol. The fourth-order valence-electron chi connectivity index (χ4n) is 3.16. The first-order valence-corrected chi connectivity index (χ1v) is 9.98. The van der Waals surface area contributed by atoms with Crippen molar-refractivity contribution in [1.82, 2.24) is 5.32 Å². The van der Waals surface area contributed by atoms with E-state index in [-0.39, 0.29) is 24.5 Å². The van der Waals surface area contributed by atoms with E-state index in [1.807, 2.05) is 32.0 Å². The molecule has 0 fully saturated rings. The smallest absolute Gasteiger partial charge is 0.338 e. The lowest BCUT2D eigenvalue weighted by molar-refractivity contribution is -0.125. The second-order valence-corrected chi connectivity index (χ2v) is 7.35. The summed E-state index contributed by atoms with van der Waals surface area (Å²) in [6, 6.07) is 11.9. The van der Waals surface area contributed by atoms with Gasteiger partial charge < -0.3 is 24.3 Å². The van der Waals surface area contributed by atoms with Crippen LogP contribution in [0.25, 0.3) is 0 Å². The van der Waals surface area contributed by atoms with Crippen LogP contribution in [0, 0.1) is 5.92 Å². The number of rotatable bonds is 7. The van der Waals surface area contributed by atoms with Gasteiger partial charge in [-0.1, -0.05) is 19.9 Å². The number of hydrogen-bond donors (Lipinski definition) is 1. The minimum Gasteiger partial charge on any atom is -0.497 e. The maximum atomic E-state index is 12.4. The molecule has 1 heterocycles.